The molecule has 14 heavy (non-hydrogen) atoms. The molecule has 0 unspecified atom stereocenters. The van der Waals surface area contributed by atoms with Crippen LogP contribution in [-0.4, -0.2) is 0 Å². The Hall–Kier alpha value is -0.720. The van der Waals surface area contributed by atoms with Crippen molar-refractivity contribution in [2.75, 3.05) is 0 Å². The van der Waals surface area contributed by atoms with Gasteiger partial charge in [-0.05, 0) is 23.0 Å². The number of hydrogen-bond acceptors (Lipinski definition) is 1. The number of rotatable bonds is 1. The van der Waals surface area contributed by atoms with E-state index in [0.29, 0.717) is 5.92 Å². The van der Waals surface area contributed by atoms with Gasteiger partial charge in [-0.1, -0.05) is 41.5 Å². The first-order valence-corrected chi connectivity index (χ1v) is 5.26. The molecule has 0 N–H and O–H groups in total. The van der Waals surface area contributed by atoms with Gasteiger partial charge in [-0.2, -0.15) is 0 Å². The maximum absolute atomic E-state index is 5.55. The van der Waals surface area contributed by atoms with Crippen LogP contribution in [0, 0.1) is 10.8 Å². The summed E-state index contributed by atoms with van der Waals surface area (Å²) >= 11 is 0. The van der Waals surface area contributed by atoms with Crippen molar-refractivity contribution in [3.63, 3.8) is 0 Å². The van der Waals surface area contributed by atoms with Gasteiger partial charge in [-0.3, -0.25) is 0 Å². The Balaban J connectivity index is 3.08. The molecule has 1 heteroatoms. The smallest absolute Gasteiger partial charge is 0.107 e. The highest BCUT2D eigenvalue weighted by Gasteiger charge is 2.37. The topological polar surface area (TPSA) is 13.1 Å². The molecule has 0 spiro atoms. The number of hydrogen-bond donors (Lipinski definition) is 0. The predicted molar refractivity (Wildman–Crippen MR) is 60.4 cm³/mol. The van der Waals surface area contributed by atoms with Gasteiger partial charge in [0.15, 0.2) is 0 Å². The lowest BCUT2D eigenvalue weighted by atomic mass is 9.65. The second-order valence-electron chi connectivity index (χ2n) is 6.18. The largest absolute Gasteiger partial charge is 0.469 e. The van der Waals surface area contributed by atoms with E-state index in [4.69, 9.17) is 4.42 Å². The van der Waals surface area contributed by atoms with Crippen molar-refractivity contribution in [1.82, 2.24) is 0 Å². The van der Waals surface area contributed by atoms with Crippen LogP contribution in [0.3, 0.4) is 0 Å². The minimum atomic E-state index is 0.232. The minimum Gasteiger partial charge on any atom is -0.469 e. The van der Waals surface area contributed by atoms with Gasteiger partial charge in [-0.15, -0.1) is 0 Å². The van der Waals surface area contributed by atoms with Gasteiger partial charge in [0.1, 0.15) is 5.76 Å². The monoisotopic (exact) mass is 194 g/mol. The zero-order chi connectivity index (χ0) is 11.0. The molecular weight excluding hydrogens is 172 g/mol. The molecule has 0 aliphatic carbocycles. The first-order valence-electron chi connectivity index (χ1n) is 5.26. The van der Waals surface area contributed by atoms with Crippen molar-refractivity contribution in [3.8, 4) is 0 Å². The van der Waals surface area contributed by atoms with E-state index in [1.54, 1.807) is 6.26 Å². The zero-order valence-electron chi connectivity index (χ0n) is 10.2. The fourth-order valence-corrected chi connectivity index (χ4v) is 2.61. The number of furan rings is 1. The summed E-state index contributed by atoms with van der Waals surface area (Å²) in [6.07, 6.45) is 1.76. The molecule has 1 aromatic heterocycles. The van der Waals surface area contributed by atoms with Gasteiger partial charge in [0.2, 0.25) is 0 Å². The average molecular weight is 194 g/mol. The van der Waals surface area contributed by atoms with Gasteiger partial charge >= 0.3 is 0 Å². The van der Waals surface area contributed by atoms with E-state index < -0.39 is 0 Å². The lowest BCUT2D eigenvalue weighted by Crippen LogP contribution is -2.30. The van der Waals surface area contributed by atoms with Crippen LogP contribution in [0.5, 0.6) is 0 Å². The molecule has 80 valence electrons. The molecule has 0 aliphatic rings. The molecule has 0 radical (unpaired) electrons. The summed E-state index contributed by atoms with van der Waals surface area (Å²) < 4.78 is 5.55. The third-order valence-electron chi connectivity index (χ3n) is 2.56. The fourth-order valence-electron chi connectivity index (χ4n) is 2.61. The average Bonchev–Trinajstić information content (AvgIpc) is 2.31. The standard InChI is InChI=1S/C13H22O/c1-12(2,3)11(13(4,5)6)10-8-7-9-14-10/h7-9,11H,1-6H3. The van der Waals surface area contributed by atoms with E-state index in [1.807, 2.05) is 6.07 Å². The van der Waals surface area contributed by atoms with E-state index in [0.717, 1.165) is 5.76 Å². The normalized spacial score (nSPS) is 13.6. The predicted octanol–water partition coefficient (Wildman–Crippen LogP) is 4.46. The van der Waals surface area contributed by atoms with Gasteiger partial charge in [-0.25, -0.2) is 0 Å². The molecule has 1 rings (SSSR count). The summed E-state index contributed by atoms with van der Waals surface area (Å²) in [5, 5.41) is 0. The van der Waals surface area contributed by atoms with Crippen LogP contribution in [0.2, 0.25) is 0 Å². The molecule has 1 nitrogen and oxygen atoms in total. The third kappa shape index (κ3) is 2.40. The van der Waals surface area contributed by atoms with E-state index >= 15 is 0 Å². The van der Waals surface area contributed by atoms with E-state index in [2.05, 4.69) is 47.6 Å². The molecule has 0 fully saturated rings. The molecule has 1 heterocycles. The SMILES string of the molecule is CC(C)(C)C(c1ccco1)C(C)(C)C. The highest BCUT2D eigenvalue weighted by Crippen LogP contribution is 2.47. The molecule has 0 bridgehead atoms. The second-order valence-corrected chi connectivity index (χ2v) is 6.18. The van der Waals surface area contributed by atoms with Crippen LogP contribution in [0.25, 0.3) is 0 Å². The highest BCUT2D eigenvalue weighted by atomic mass is 16.3. The summed E-state index contributed by atoms with van der Waals surface area (Å²) in [4.78, 5) is 0. The third-order valence-corrected chi connectivity index (χ3v) is 2.56. The molecule has 1 aromatic rings. The summed E-state index contributed by atoms with van der Waals surface area (Å²) in [7, 11) is 0. The highest BCUT2D eigenvalue weighted by molar-refractivity contribution is 5.12. The van der Waals surface area contributed by atoms with Crippen LogP contribution in [-0.2, 0) is 0 Å². The van der Waals surface area contributed by atoms with Crippen molar-refractivity contribution < 1.29 is 4.42 Å². The van der Waals surface area contributed by atoms with Crippen LogP contribution in [0.15, 0.2) is 22.8 Å². The fraction of sp³-hybridized carbons (Fsp3) is 0.692. The van der Waals surface area contributed by atoms with Crippen molar-refractivity contribution in [2.24, 2.45) is 10.8 Å². The quantitative estimate of drug-likeness (QED) is 0.643. The van der Waals surface area contributed by atoms with Crippen LogP contribution in [0.1, 0.15) is 53.2 Å². The zero-order valence-corrected chi connectivity index (χ0v) is 10.2. The van der Waals surface area contributed by atoms with Crippen molar-refractivity contribution >= 4 is 0 Å². The van der Waals surface area contributed by atoms with Crippen LogP contribution >= 0.6 is 0 Å². The Kier molecular flexibility index (Phi) is 2.80. The molecule has 0 aromatic carbocycles. The lowest BCUT2D eigenvalue weighted by molar-refractivity contribution is 0.152. The summed E-state index contributed by atoms with van der Waals surface area (Å²) in [5.41, 5.74) is 0.464. The molecule has 0 amide bonds. The molecular formula is C13H22O. The Morgan fingerprint density at radius 2 is 1.50 bits per heavy atom. The van der Waals surface area contributed by atoms with Gasteiger partial charge in [0.25, 0.3) is 0 Å². The van der Waals surface area contributed by atoms with Crippen LogP contribution < -0.4 is 0 Å². The molecule has 0 saturated heterocycles. The Bertz CT molecular complexity index is 255. The summed E-state index contributed by atoms with van der Waals surface area (Å²) in [6.45, 7) is 13.6. The van der Waals surface area contributed by atoms with Gasteiger partial charge in [0, 0.05) is 5.92 Å². The van der Waals surface area contributed by atoms with Crippen molar-refractivity contribution in [1.29, 1.82) is 0 Å². The maximum atomic E-state index is 5.55. The minimum absolute atomic E-state index is 0.232. The van der Waals surface area contributed by atoms with Crippen molar-refractivity contribution in [2.45, 2.75) is 47.5 Å². The lowest BCUT2D eigenvalue weighted by Gasteiger charge is -2.39. The summed E-state index contributed by atoms with van der Waals surface area (Å²) in [6, 6.07) is 4.06. The molecule has 0 aliphatic heterocycles. The Morgan fingerprint density at radius 1 is 1.00 bits per heavy atom. The van der Waals surface area contributed by atoms with E-state index in [1.165, 1.54) is 0 Å². The maximum Gasteiger partial charge on any atom is 0.107 e. The Morgan fingerprint density at radius 3 is 1.79 bits per heavy atom. The first kappa shape index (κ1) is 11.4. The molecule has 0 saturated carbocycles. The second kappa shape index (κ2) is 3.45. The Labute approximate surface area is 87.5 Å². The summed E-state index contributed by atoms with van der Waals surface area (Å²) in [5.74, 6) is 1.55. The van der Waals surface area contributed by atoms with Crippen molar-refractivity contribution in [3.05, 3.63) is 24.2 Å². The van der Waals surface area contributed by atoms with E-state index in [-0.39, 0.29) is 10.8 Å². The van der Waals surface area contributed by atoms with Gasteiger partial charge in [0.05, 0.1) is 6.26 Å². The first-order chi connectivity index (χ1) is 6.23. The van der Waals surface area contributed by atoms with E-state index in [9.17, 15) is 0 Å². The van der Waals surface area contributed by atoms with Gasteiger partial charge < -0.3 is 4.42 Å². The molecule has 0 atom stereocenters. The van der Waals surface area contributed by atoms with Crippen LogP contribution in [0.4, 0.5) is 0 Å².